The second kappa shape index (κ2) is 7.76. The van der Waals surface area contributed by atoms with Gasteiger partial charge in [-0.25, -0.2) is 0 Å². The number of hydrogen-bond acceptors (Lipinski definition) is 4. The third kappa shape index (κ3) is 3.78. The lowest BCUT2D eigenvalue weighted by atomic mass is 10.0. The molecule has 1 fully saturated rings. The Hall–Kier alpha value is -3.05. The van der Waals surface area contributed by atoms with Gasteiger partial charge in [0, 0.05) is 43.1 Å². The third-order valence-electron chi connectivity index (χ3n) is 6.00. The molecule has 4 aliphatic heterocycles. The van der Waals surface area contributed by atoms with E-state index in [2.05, 4.69) is 50.8 Å². The standard InChI is InChI=1S/C24H26N4O/c29-24(19-15-21-7-4-8-23-25-17-22(16-19)28(21)23)26-20-10-13-27(14-11-20)12-9-18-5-2-1-3-6-18/h1-8,15-17,20,25H,9-14H2,(H,26,29). The van der Waals surface area contributed by atoms with E-state index in [0.29, 0.717) is 0 Å². The highest BCUT2D eigenvalue weighted by atomic mass is 16.1. The fourth-order valence-corrected chi connectivity index (χ4v) is 4.35. The van der Waals surface area contributed by atoms with Crippen molar-refractivity contribution in [1.29, 1.82) is 0 Å². The van der Waals surface area contributed by atoms with Crippen LogP contribution in [0.3, 0.4) is 0 Å². The number of piperidine rings is 1. The van der Waals surface area contributed by atoms with Crippen molar-refractivity contribution < 1.29 is 4.79 Å². The van der Waals surface area contributed by atoms with Gasteiger partial charge in [-0.15, -0.1) is 0 Å². The lowest BCUT2D eigenvalue weighted by Gasteiger charge is -2.33. The molecule has 148 valence electrons. The summed E-state index contributed by atoms with van der Waals surface area (Å²) in [5.41, 5.74) is 4.16. The molecular formula is C24H26N4O. The second-order valence-corrected chi connectivity index (χ2v) is 7.95. The van der Waals surface area contributed by atoms with Gasteiger partial charge in [-0.3, -0.25) is 9.69 Å². The first-order valence-electron chi connectivity index (χ1n) is 10.4. The Morgan fingerprint density at radius 1 is 1.10 bits per heavy atom. The van der Waals surface area contributed by atoms with Gasteiger partial charge in [-0.2, -0.15) is 0 Å². The average Bonchev–Trinajstić information content (AvgIpc) is 3.18. The molecule has 1 aromatic carbocycles. The summed E-state index contributed by atoms with van der Waals surface area (Å²) in [6.07, 6.45) is 15.1. The maximum absolute atomic E-state index is 12.9. The van der Waals surface area contributed by atoms with Crippen LogP contribution in [0.4, 0.5) is 0 Å². The first-order chi connectivity index (χ1) is 14.3. The highest BCUT2D eigenvalue weighted by molar-refractivity contribution is 5.97. The van der Waals surface area contributed by atoms with Gasteiger partial charge in [0.25, 0.3) is 5.91 Å². The van der Waals surface area contributed by atoms with Crippen LogP contribution in [0.5, 0.6) is 0 Å². The Balaban J connectivity index is 1.14. The zero-order valence-electron chi connectivity index (χ0n) is 16.5. The van der Waals surface area contributed by atoms with Crippen molar-refractivity contribution >= 4 is 5.91 Å². The molecule has 0 unspecified atom stereocenters. The summed E-state index contributed by atoms with van der Waals surface area (Å²) < 4.78 is 0. The van der Waals surface area contributed by atoms with E-state index in [4.69, 9.17) is 0 Å². The summed E-state index contributed by atoms with van der Waals surface area (Å²) in [4.78, 5) is 17.5. The molecule has 1 amide bonds. The van der Waals surface area contributed by atoms with E-state index in [1.807, 2.05) is 36.6 Å². The predicted octanol–water partition coefficient (Wildman–Crippen LogP) is 2.79. The van der Waals surface area contributed by atoms with E-state index in [1.165, 1.54) is 5.56 Å². The van der Waals surface area contributed by atoms with E-state index in [0.717, 1.165) is 61.7 Å². The molecule has 1 aromatic rings. The van der Waals surface area contributed by atoms with Crippen LogP contribution in [0, 0.1) is 0 Å². The van der Waals surface area contributed by atoms with Crippen LogP contribution in [-0.2, 0) is 11.2 Å². The van der Waals surface area contributed by atoms with Gasteiger partial charge in [0.2, 0.25) is 0 Å². The second-order valence-electron chi connectivity index (χ2n) is 7.95. The van der Waals surface area contributed by atoms with Crippen LogP contribution in [0.2, 0.25) is 0 Å². The fourth-order valence-electron chi connectivity index (χ4n) is 4.35. The molecule has 29 heavy (non-hydrogen) atoms. The highest BCUT2D eigenvalue weighted by Crippen LogP contribution is 2.33. The molecule has 0 radical (unpaired) electrons. The first-order valence-corrected chi connectivity index (χ1v) is 10.4. The Morgan fingerprint density at radius 2 is 1.93 bits per heavy atom. The highest BCUT2D eigenvalue weighted by Gasteiger charge is 2.29. The molecule has 0 saturated carbocycles. The van der Waals surface area contributed by atoms with Crippen LogP contribution >= 0.6 is 0 Å². The number of rotatable bonds is 5. The van der Waals surface area contributed by atoms with Crippen molar-refractivity contribution in [2.24, 2.45) is 0 Å². The predicted molar refractivity (Wildman–Crippen MR) is 114 cm³/mol. The van der Waals surface area contributed by atoms with Gasteiger partial charge in [-0.1, -0.05) is 36.4 Å². The number of carbonyl (C=O) groups excluding carboxylic acids is 1. The summed E-state index contributed by atoms with van der Waals surface area (Å²) in [7, 11) is 0. The van der Waals surface area contributed by atoms with Crippen LogP contribution < -0.4 is 10.6 Å². The van der Waals surface area contributed by atoms with Crippen LogP contribution in [-0.4, -0.2) is 41.4 Å². The molecule has 2 N–H and O–H groups in total. The Labute approximate surface area is 171 Å². The molecule has 0 spiro atoms. The summed E-state index contributed by atoms with van der Waals surface area (Å²) in [6, 6.07) is 10.9. The van der Waals surface area contributed by atoms with Crippen molar-refractivity contribution in [3.8, 4) is 0 Å². The van der Waals surface area contributed by atoms with Gasteiger partial charge >= 0.3 is 0 Å². The molecule has 0 bridgehead atoms. The summed E-state index contributed by atoms with van der Waals surface area (Å²) in [5, 5.41) is 6.50. The molecule has 0 atom stereocenters. The van der Waals surface area contributed by atoms with E-state index < -0.39 is 0 Å². The summed E-state index contributed by atoms with van der Waals surface area (Å²) in [6.45, 7) is 3.16. The number of carbonyl (C=O) groups is 1. The van der Waals surface area contributed by atoms with Crippen LogP contribution in [0.1, 0.15) is 18.4 Å². The minimum Gasteiger partial charge on any atom is -0.349 e. The van der Waals surface area contributed by atoms with Gasteiger partial charge in [0.15, 0.2) is 0 Å². The lowest BCUT2D eigenvalue weighted by molar-refractivity contribution is -0.118. The Morgan fingerprint density at radius 3 is 2.76 bits per heavy atom. The number of likely N-dealkylation sites (tertiary alicyclic amines) is 1. The number of allylic oxidation sites excluding steroid dienone is 4. The van der Waals surface area contributed by atoms with Gasteiger partial charge in [0.1, 0.15) is 5.82 Å². The monoisotopic (exact) mass is 386 g/mol. The quantitative estimate of drug-likeness (QED) is 0.817. The van der Waals surface area contributed by atoms with Crippen molar-refractivity contribution in [3.05, 3.63) is 95.3 Å². The zero-order chi connectivity index (χ0) is 19.6. The van der Waals surface area contributed by atoms with Gasteiger partial charge in [0.05, 0.1) is 5.70 Å². The largest absolute Gasteiger partial charge is 0.349 e. The SMILES string of the molecule is O=C(NC1CCN(CCc2ccccc2)CC1)C1=CC2=CNC3=CC=CC(=C1)N23. The Kier molecular flexibility index (Phi) is 4.82. The zero-order valence-corrected chi connectivity index (χ0v) is 16.5. The minimum atomic E-state index is 0.0252. The average molecular weight is 386 g/mol. The molecule has 5 heteroatoms. The number of nitrogens with zero attached hydrogens (tertiary/aromatic N) is 2. The molecule has 0 aliphatic carbocycles. The maximum atomic E-state index is 12.9. The first kappa shape index (κ1) is 18.0. The van der Waals surface area contributed by atoms with E-state index in [-0.39, 0.29) is 11.9 Å². The molecule has 1 saturated heterocycles. The van der Waals surface area contributed by atoms with Crippen LogP contribution in [0.25, 0.3) is 0 Å². The number of amides is 1. The van der Waals surface area contributed by atoms with Crippen molar-refractivity contribution in [1.82, 2.24) is 20.4 Å². The summed E-state index contributed by atoms with van der Waals surface area (Å²) in [5.74, 6) is 1.06. The smallest absolute Gasteiger partial charge is 0.251 e. The van der Waals surface area contributed by atoms with E-state index in [9.17, 15) is 4.79 Å². The minimum absolute atomic E-state index is 0.0252. The molecule has 0 aromatic heterocycles. The molecule has 5 nitrogen and oxygen atoms in total. The van der Waals surface area contributed by atoms with Gasteiger partial charge < -0.3 is 15.5 Å². The normalized spacial score (nSPS) is 20.9. The number of hydrogen-bond donors (Lipinski definition) is 2. The fraction of sp³-hybridized carbons (Fsp3) is 0.292. The third-order valence-corrected chi connectivity index (χ3v) is 6.00. The summed E-state index contributed by atoms with van der Waals surface area (Å²) >= 11 is 0. The van der Waals surface area contributed by atoms with Crippen molar-refractivity contribution in [3.63, 3.8) is 0 Å². The number of nitrogens with one attached hydrogen (secondary N) is 2. The van der Waals surface area contributed by atoms with E-state index in [1.54, 1.807) is 0 Å². The lowest BCUT2D eigenvalue weighted by Crippen LogP contribution is -2.45. The van der Waals surface area contributed by atoms with Crippen molar-refractivity contribution in [2.75, 3.05) is 19.6 Å². The van der Waals surface area contributed by atoms with Gasteiger partial charge in [-0.05, 0) is 49.1 Å². The maximum Gasteiger partial charge on any atom is 0.251 e. The molecular weight excluding hydrogens is 360 g/mol. The van der Waals surface area contributed by atoms with E-state index >= 15 is 0 Å². The molecule has 5 rings (SSSR count). The van der Waals surface area contributed by atoms with Crippen molar-refractivity contribution in [2.45, 2.75) is 25.3 Å². The topological polar surface area (TPSA) is 47.6 Å². The number of benzene rings is 1. The molecule has 4 heterocycles. The Bertz CT molecular complexity index is 946. The molecule has 4 aliphatic rings. The van der Waals surface area contributed by atoms with Crippen LogP contribution in [0.15, 0.2) is 89.7 Å².